The third kappa shape index (κ3) is 2.01. The number of H-pyrrole nitrogens is 1. The second kappa shape index (κ2) is 4.76. The van der Waals surface area contributed by atoms with Crippen molar-refractivity contribution in [2.75, 3.05) is 18.5 Å². The van der Waals surface area contributed by atoms with Gasteiger partial charge in [-0.1, -0.05) is 12.0 Å². The van der Waals surface area contributed by atoms with Crippen molar-refractivity contribution < 1.29 is 0 Å². The summed E-state index contributed by atoms with van der Waals surface area (Å²) in [7, 11) is 0. The Bertz CT molecular complexity index is 852. The summed E-state index contributed by atoms with van der Waals surface area (Å²) in [5.41, 5.74) is 6.09. The molecule has 1 aliphatic rings. The zero-order valence-corrected chi connectivity index (χ0v) is 11.6. The number of terminal acetylenes is 1. The number of rotatable bonds is 2. The highest BCUT2D eigenvalue weighted by molar-refractivity contribution is 6.11. The average Bonchev–Trinajstić information content (AvgIpc) is 3.13. The van der Waals surface area contributed by atoms with E-state index < -0.39 is 0 Å². The van der Waals surface area contributed by atoms with Crippen LogP contribution in [0.4, 0.5) is 5.82 Å². The van der Waals surface area contributed by atoms with Gasteiger partial charge in [0, 0.05) is 29.6 Å². The van der Waals surface area contributed by atoms with Crippen LogP contribution in [0.1, 0.15) is 18.4 Å². The van der Waals surface area contributed by atoms with Gasteiger partial charge in [-0.2, -0.15) is 0 Å². The molecule has 0 radical (unpaired) electrons. The van der Waals surface area contributed by atoms with Gasteiger partial charge in [0.15, 0.2) is 5.82 Å². The van der Waals surface area contributed by atoms with Crippen molar-refractivity contribution in [3.05, 3.63) is 30.1 Å². The van der Waals surface area contributed by atoms with Crippen molar-refractivity contribution in [1.29, 1.82) is 0 Å². The van der Waals surface area contributed by atoms with E-state index >= 15 is 0 Å². The Morgan fingerprint density at radius 1 is 1.24 bits per heavy atom. The molecule has 1 saturated heterocycles. The van der Waals surface area contributed by atoms with Crippen LogP contribution in [-0.2, 0) is 0 Å². The molecule has 1 aliphatic heterocycles. The second-order valence-corrected chi connectivity index (χ2v) is 5.28. The van der Waals surface area contributed by atoms with Crippen LogP contribution in [0.25, 0.3) is 21.9 Å². The first kappa shape index (κ1) is 12.2. The number of nitrogens with one attached hydrogen (secondary N) is 2. The summed E-state index contributed by atoms with van der Waals surface area (Å²) in [5.74, 6) is 3.51. The van der Waals surface area contributed by atoms with E-state index in [-0.39, 0.29) is 0 Å². The molecule has 1 aromatic carbocycles. The molecule has 0 saturated carbocycles. The number of aromatic nitrogens is 3. The van der Waals surface area contributed by atoms with Crippen LogP contribution in [0.2, 0.25) is 0 Å². The van der Waals surface area contributed by atoms with E-state index in [0.29, 0.717) is 0 Å². The first-order valence-electron chi connectivity index (χ1n) is 7.10. The van der Waals surface area contributed by atoms with Gasteiger partial charge < -0.3 is 10.4 Å². The maximum atomic E-state index is 5.46. The summed E-state index contributed by atoms with van der Waals surface area (Å²) in [6.07, 6.45) is 9.49. The number of hydrogen-bond donors (Lipinski definition) is 2. The van der Waals surface area contributed by atoms with Crippen molar-refractivity contribution in [3.63, 3.8) is 0 Å². The van der Waals surface area contributed by atoms with Crippen molar-refractivity contribution in [1.82, 2.24) is 20.0 Å². The van der Waals surface area contributed by atoms with E-state index in [1.165, 1.54) is 12.8 Å². The summed E-state index contributed by atoms with van der Waals surface area (Å²) in [5, 5.41) is 4.31. The smallest absolute Gasteiger partial charge is 0.153 e. The van der Waals surface area contributed by atoms with Gasteiger partial charge in [0.1, 0.15) is 12.0 Å². The third-order valence-electron chi connectivity index (χ3n) is 3.93. The topological polar surface area (TPSA) is 56.8 Å². The molecule has 0 unspecified atom stereocenters. The van der Waals surface area contributed by atoms with Gasteiger partial charge in [0.05, 0.1) is 5.39 Å². The Labute approximate surface area is 122 Å². The van der Waals surface area contributed by atoms with Gasteiger partial charge in [-0.15, -0.1) is 6.42 Å². The fourth-order valence-electron chi connectivity index (χ4n) is 2.88. The van der Waals surface area contributed by atoms with Gasteiger partial charge in [-0.25, -0.2) is 15.0 Å². The Balaban J connectivity index is 1.88. The number of anilines is 1. The van der Waals surface area contributed by atoms with Crippen molar-refractivity contribution in [2.45, 2.75) is 12.8 Å². The lowest BCUT2D eigenvalue weighted by Crippen LogP contribution is -2.26. The molecule has 3 heterocycles. The Kier molecular flexibility index (Phi) is 2.76. The number of benzene rings is 1. The quantitative estimate of drug-likeness (QED) is 0.707. The van der Waals surface area contributed by atoms with Crippen molar-refractivity contribution in [2.24, 2.45) is 0 Å². The van der Waals surface area contributed by atoms with Crippen LogP contribution in [0.15, 0.2) is 24.5 Å². The molecular weight excluding hydrogens is 262 g/mol. The molecule has 0 bridgehead atoms. The predicted octanol–water partition coefficient (Wildman–Crippen LogP) is 2.52. The van der Waals surface area contributed by atoms with E-state index in [1.54, 1.807) is 6.33 Å². The molecule has 0 spiro atoms. The van der Waals surface area contributed by atoms with E-state index in [1.807, 2.05) is 18.2 Å². The van der Waals surface area contributed by atoms with Crippen LogP contribution < -0.4 is 5.43 Å². The molecule has 0 aliphatic carbocycles. The molecule has 5 heteroatoms. The molecule has 4 rings (SSSR count). The molecule has 0 amide bonds. The molecule has 21 heavy (non-hydrogen) atoms. The molecule has 3 aromatic rings. The average molecular weight is 277 g/mol. The van der Waals surface area contributed by atoms with Crippen LogP contribution in [0.5, 0.6) is 0 Å². The zero-order valence-electron chi connectivity index (χ0n) is 11.6. The number of fused-ring (bicyclic) bond motifs is 3. The normalized spacial score (nSPS) is 15.6. The Morgan fingerprint density at radius 3 is 2.90 bits per heavy atom. The van der Waals surface area contributed by atoms with Gasteiger partial charge in [-0.05, 0) is 25.0 Å². The summed E-state index contributed by atoms with van der Waals surface area (Å²) in [6.45, 7) is 2.10. The summed E-state index contributed by atoms with van der Waals surface area (Å²) in [4.78, 5) is 12.1. The second-order valence-electron chi connectivity index (χ2n) is 5.28. The van der Waals surface area contributed by atoms with Gasteiger partial charge in [0.25, 0.3) is 0 Å². The van der Waals surface area contributed by atoms with Crippen molar-refractivity contribution >= 4 is 27.8 Å². The number of nitrogens with zero attached hydrogens (tertiary/aromatic N) is 3. The summed E-state index contributed by atoms with van der Waals surface area (Å²) < 4.78 is 0. The van der Waals surface area contributed by atoms with Crippen LogP contribution in [-0.4, -0.2) is 33.1 Å². The lowest BCUT2D eigenvalue weighted by Gasteiger charge is -2.17. The zero-order chi connectivity index (χ0) is 14.2. The van der Waals surface area contributed by atoms with E-state index in [2.05, 4.69) is 31.3 Å². The molecule has 104 valence electrons. The van der Waals surface area contributed by atoms with Crippen molar-refractivity contribution in [3.8, 4) is 12.3 Å². The van der Waals surface area contributed by atoms with Gasteiger partial charge >= 0.3 is 0 Å². The van der Waals surface area contributed by atoms with Gasteiger partial charge in [-0.3, -0.25) is 0 Å². The standard InChI is InChI=1S/C16H15N5/c1-2-11-5-6-12-13(9-11)19-15-14(12)16(18-10-17-15)20-21-7-3-4-8-21/h1,5-6,9-10H,3-4,7-8H2,(H2,17,18,19,20). The lowest BCUT2D eigenvalue weighted by molar-refractivity contribution is 0.409. The maximum absolute atomic E-state index is 5.46. The van der Waals surface area contributed by atoms with Crippen LogP contribution >= 0.6 is 0 Å². The Hall–Kier alpha value is -2.58. The minimum atomic E-state index is 0.830. The lowest BCUT2D eigenvalue weighted by atomic mass is 10.1. The highest BCUT2D eigenvalue weighted by atomic mass is 15.5. The highest BCUT2D eigenvalue weighted by Gasteiger charge is 2.16. The number of aromatic amines is 1. The minimum absolute atomic E-state index is 0.830. The van der Waals surface area contributed by atoms with E-state index in [0.717, 1.165) is 46.4 Å². The summed E-state index contributed by atoms with van der Waals surface area (Å²) >= 11 is 0. The highest BCUT2D eigenvalue weighted by Crippen LogP contribution is 2.30. The molecule has 0 atom stereocenters. The largest absolute Gasteiger partial charge is 0.339 e. The summed E-state index contributed by atoms with van der Waals surface area (Å²) in [6, 6.07) is 5.95. The molecule has 5 nitrogen and oxygen atoms in total. The van der Waals surface area contributed by atoms with E-state index in [9.17, 15) is 0 Å². The Morgan fingerprint density at radius 2 is 2.10 bits per heavy atom. The first-order chi connectivity index (χ1) is 10.3. The van der Waals surface area contributed by atoms with Crippen LogP contribution in [0.3, 0.4) is 0 Å². The fraction of sp³-hybridized carbons (Fsp3) is 0.250. The maximum Gasteiger partial charge on any atom is 0.153 e. The molecular formula is C16H15N5. The molecule has 1 fully saturated rings. The number of hydrazine groups is 1. The predicted molar refractivity (Wildman–Crippen MR) is 83.8 cm³/mol. The van der Waals surface area contributed by atoms with E-state index in [4.69, 9.17) is 6.42 Å². The molecule has 2 N–H and O–H groups in total. The first-order valence-corrected chi connectivity index (χ1v) is 7.10. The monoisotopic (exact) mass is 277 g/mol. The van der Waals surface area contributed by atoms with Gasteiger partial charge in [0.2, 0.25) is 0 Å². The SMILES string of the molecule is C#Cc1ccc2c(c1)[nH]c1ncnc(NN3CCCC3)c12. The fourth-order valence-corrected chi connectivity index (χ4v) is 2.88. The minimum Gasteiger partial charge on any atom is -0.339 e. The third-order valence-corrected chi connectivity index (χ3v) is 3.93. The van der Waals surface area contributed by atoms with Crippen LogP contribution in [0, 0.1) is 12.3 Å². The number of hydrogen-bond acceptors (Lipinski definition) is 4. The molecule has 2 aromatic heterocycles.